The topological polar surface area (TPSA) is 126 Å². The van der Waals surface area contributed by atoms with Gasteiger partial charge in [0.1, 0.15) is 11.4 Å². The molecule has 0 saturated carbocycles. The van der Waals surface area contributed by atoms with Gasteiger partial charge in [-0.1, -0.05) is 38.1 Å². The van der Waals surface area contributed by atoms with E-state index in [-0.39, 0.29) is 11.9 Å². The molecule has 39 heavy (non-hydrogen) atoms. The fourth-order valence-corrected chi connectivity index (χ4v) is 4.46. The second-order valence-electron chi connectivity index (χ2n) is 10.0. The van der Waals surface area contributed by atoms with Crippen LogP contribution in [0.5, 0.6) is 0 Å². The molecule has 2 aliphatic rings. The number of imidazole rings is 1. The van der Waals surface area contributed by atoms with E-state index in [9.17, 15) is 22.8 Å². The quantitative estimate of drug-likeness (QED) is 0.522. The number of likely N-dealkylation sites (tertiary alicyclic amines) is 1. The summed E-state index contributed by atoms with van der Waals surface area (Å²) in [5.74, 6) is -1.62. The van der Waals surface area contributed by atoms with E-state index >= 15 is 0 Å². The zero-order valence-corrected chi connectivity index (χ0v) is 22.1. The molecular weight excluding hydrogens is 519 g/mol. The molecule has 3 heterocycles. The van der Waals surface area contributed by atoms with Gasteiger partial charge in [0.25, 0.3) is 5.91 Å². The highest BCUT2D eigenvalue weighted by Gasteiger charge is 2.47. The molecule has 2 aliphatic heterocycles. The second kappa shape index (κ2) is 12.5. The second-order valence-corrected chi connectivity index (χ2v) is 10.0. The summed E-state index contributed by atoms with van der Waals surface area (Å²) in [4.78, 5) is 40.8. The third kappa shape index (κ3) is 7.71. The summed E-state index contributed by atoms with van der Waals surface area (Å²) in [5.41, 5.74) is 1.63. The number of fused-ring (bicyclic) bond motifs is 2. The van der Waals surface area contributed by atoms with Gasteiger partial charge in [-0.15, -0.1) is 0 Å². The smallest absolute Gasteiger partial charge is 0.475 e. The maximum absolute atomic E-state index is 12.8. The number of hydrogen-bond acceptors (Lipinski definition) is 5. The van der Waals surface area contributed by atoms with Crippen molar-refractivity contribution in [2.24, 2.45) is 5.92 Å². The summed E-state index contributed by atoms with van der Waals surface area (Å²) >= 11 is 0. The average Bonchev–Trinajstić information content (AvgIpc) is 3.37. The molecule has 1 saturated heterocycles. The Balaban J connectivity index is 0.000000532. The summed E-state index contributed by atoms with van der Waals surface area (Å²) in [6.45, 7) is 8.86. The van der Waals surface area contributed by atoms with Gasteiger partial charge in [-0.25, -0.2) is 14.6 Å². The van der Waals surface area contributed by atoms with Gasteiger partial charge in [0.05, 0.1) is 6.54 Å². The molecule has 10 nitrogen and oxygen atoms in total. The molecule has 1 fully saturated rings. The Morgan fingerprint density at radius 2 is 1.82 bits per heavy atom. The van der Waals surface area contributed by atoms with Crippen molar-refractivity contribution in [3.63, 3.8) is 0 Å². The summed E-state index contributed by atoms with van der Waals surface area (Å²) in [5, 5.41) is 13.1. The zero-order valence-electron chi connectivity index (χ0n) is 22.1. The van der Waals surface area contributed by atoms with Gasteiger partial charge in [0.15, 0.2) is 6.10 Å². The third-order valence-electron chi connectivity index (χ3n) is 6.62. The Bertz CT molecular complexity index is 1160. The van der Waals surface area contributed by atoms with Gasteiger partial charge in [-0.2, -0.15) is 13.2 Å². The standard InChI is InChI=1S/C24H33N5O3.C2HF3O2/c1-17(2)14-26-21(30)20-16-29-13-10-25-22(29)24(32-20)8-11-28(12-9-24)23(31)27-15-19-7-5-4-6-18(19)3;3-2(4,5)1(6)7/h4-7,10,13,17,20H,8-9,11-12,14-16H2,1-3H3,(H,26,30)(H,27,31);(H,6,7). The van der Waals surface area contributed by atoms with Crippen LogP contribution in [-0.2, 0) is 33.0 Å². The normalized spacial score (nSPS) is 18.1. The van der Waals surface area contributed by atoms with Crippen molar-refractivity contribution in [2.45, 2.75) is 64.6 Å². The number of benzene rings is 1. The number of aliphatic carboxylic acids is 1. The molecule has 3 amide bonds. The number of carboxylic acid groups (broad SMARTS) is 1. The van der Waals surface area contributed by atoms with Crippen molar-refractivity contribution in [1.29, 1.82) is 0 Å². The third-order valence-corrected chi connectivity index (χ3v) is 6.62. The molecule has 1 spiro atoms. The first-order valence-electron chi connectivity index (χ1n) is 12.7. The molecule has 1 aromatic heterocycles. The van der Waals surface area contributed by atoms with E-state index in [4.69, 9.17) is 14.6 Å². The van der Waals surface area contributed by atoms with Crippen LogP contribution in [0.15, 0.2) is 36.7 Å². The SMILES string of the molecule is Cc1ccccc1CNC(=O)N1CCC2(CC1)OC(C(=O)NCC(C)C)Cn1ccnc12.O=C(O)C(F)(F)F. The number of hydrogen-bond donors (Lipinski definition) is 3. The van der Waals surface area contributed by atoms with Gasteiger partial charge in [-0.05, 0) is 24.0 Å². The van der Waals surface area contributed by atoms with Gasteiger partial charge in [0.2, 0.25) is 0 Å². The molecule has 4 rings (SSSR count). The lowest BCUT2D eigenvalue weighted by atomic mass is 9.88. The van der Waals surface area contributed by atoms with E-state index in [1.165, 1.54) is 0 Å². The van der Waals surface area contributed by atoms with Crippen LogP contribution in [0.1, 0.15) is 43.6 Å². The Morgan fingerprint density at radius 3 is 2.41 bits per heavy atom. The Kier molecular flexibility index (Phi) is 9.59. The average molecular weight is 554 g/mol. The zero-order chi connectivity index (χ0) is 28.8. The number of alkyl halides is 3. The van der Waals surface area contributed by atoms with Crippen molar-refractivity contribution < 1.29 is 37.4 Å². The van der Waals surface area contributed by atoms with E-state index in [0.29, 0.717) is 51.5 Å². The Labute approximate surface area is 224 Å². The molecule has 0 bridgehead atoms. The number of carbonyl (C=O) groups is 3. The Hall–Kier alpha value is -3.61. The maximum Gasteiger partial charge on any atom is 0.490 e. The van der Waals surface area contributed by atoms with E-state index in [0.717, 1.165) is 17.0 Å². The number of aromatic nitrogens is 2. The van der Waals surface area contributed by atoms with Gasteiger partial charge >= 0.3 is 18.2 Å². The molecule has 13 heteroatoms. The van der Waals surface area contributed by atoms with Crippen LogP contribution in [0.25, 0.3) is 0 Å². The van der Waals surface area contributed by atoms with Crippen LogP contribution in [-0.4, -0.2) is 69.4 Å². The number of nitrogens with one attached hydrogen (secondary N) is 2. The van der Waals surface area contributed by atoms with E-state index in [1.54, 1.807) is 6.20 Å². The number of carbonyl (C=O) groups excluding carboxylic acids is 2. The summed E-state index contributed by atoms with van der Waals surface area (Å²) in [7, 11) is 0. The molecule has 2 aromatic rings. The molecule has 1 atom stereocenters. The number of amides is 3. The molecular formula is C26H34F3N5O5. The highest BCUT2D eigenvalue weighted by molar-refractivity contribution is 5.81. The predicted octanol–water partition coefficient (Wildman–Crippen LogP) is 3.20. The minimum Gasteiger partial charge on any atom is -0.475 e. The number of halogens is 3. The molecule has 214 valence electrons. The molecule has 0 aliphatic carbocycles. The van der Waals surface area contributed by atoms with Crippen molar-refractivity contribution in [3.05, 3.63) is 53.6 Å². The van der Waals surface area contributed by atoms with E-state index in [1.807, 2.05) is 46.9 Å². The number of carboxylic acids is 1. The Morgan fingerprint density at radius 1 is 1.18 bits per heavy atom. The largest absolute Gasteiger partial charge is 0.490 e. The number of piperidine rings is 1. The molecule has 3 N–H and O–H groups in total. The first-order chi connectivity index (χ1) is 18.3. The highest BCUT2D eigenvalue weighted by Crippen LogP contribution is 2.40. The van der Waals surface area contributed by atoms with Crippen molar-refractivity contribution in [1.82, 2.24) is 25.1 Å². The first kappa shape index (κ1) is 29.9. The minimum absolute atomic E-state index is 0.0755. The fourth-order valence-electron chi connectivity index (χ4n) is 4.46. The van der Waals surface area contributed by atoms with Crippen LogP contribution in [0.3, 0.4) is 0 Å². The summed E-state index contributed by atoms with van der Waals surface area (Å²) < 4.78 is 40.2. The maximum atomic E-state index is 12.8. The first-order valence-corrected chi connectivity index (χ1v) is 12.7. The van der Waals surface area contributed by atoms with Gasteiger partial charge < -0.3 is 29.9 Å². The lowest BCUT2D eigenvalue weighted by Gasteiger charge is -2.45. The van der Waals surface area contributed by atoms with Crippen LogP contribution < -0.4 is 10.6 Å². The number of ether oxygens (including phenoxy) is 1. The number of nitrogens with zero attached hydrogens (tertiary/aromatic N) is 3. The fraction of sp³-hybridized carbons (Fsp3) is 0.538. The van der Waals surface area contributed by atoms with Crippen molar-refractivity contribution in [2.75, 3.05) is 19.6 Å². The van der Waals surface area contributed by atoms with Crippen LogP contribution in [0, 0.1) is 12.8 Å². The van der Waals surface area contributed by atoms with Crippen LogP contribution in [0.2, 0.25) is 0 Å². The molecule has 0 radical (unpaired) electrons. The number of urea groups is 1. The lowest BCUT2D eigenvalue weighted by molar-refractivity contribution is -0.192. The van der Waals surface area contributed by atoms with Crippen LogP contribution >= 0.6 is 0 Å². The van der Waals surface area contributed by atoms with Gasteiger partial charge in [-0.3, -0.25) is 4.79 Å². The lowest BCUT2D eigenvalue weighted by Crippen LogP contribution is -2.55. The van der Waals surface area contributed by atoms with Crippen LogP contribution in [0.4, 0.5) is 18.0 Å². The van der Waals surface area contributed by atoms with Gasteiger partial charge in [0, 0.05) is 51.4 Å². The minimum atomic E-state index is -5.08. The summed E-state index contributed by atoms with van der Waals surface area (Å²) in [6, 6.07) is 7.97. The molecule has 1 aromatic carbocycles. The number of aryl methyl sites for hydroxylation is 1. The molecule has 1 unspecified atom stereocenters. The van der Waals surface area contributed by atoms with E-state index < -0.39 is 23.9 Å². The van der Waals surface area contributed by atoms with Crippen molar-refractivity contribution >= 4 is 17.9 Å². The monoisotopic (exact) mass is 553 g/mol. The highest BCUT2D eigenvalue weighted by atomic mass is 19.4. The summed E-state index contributed by atoms with van der Waals surface area (Å²) in [6.07, 6.45) is -0.762. The van der Waals surface area contributed by atoms with E-state index in [2.05, 4.69) is 29.5 Å². The number of rotatable bonds is 5. The predicted molar refractivity (Wildman–Crippen MR) is 135 cm³/mol. The van der Waals surface area contributed by atoms with Crippen molar-refractivity contribution in [3.8, 4) is 0 Å².